The summed E-state index contributed by atoms with van der Waals surface area (Å²) in [6, 6.07) is 5.70. The third-order valence-electron chi connectivity index (χ3n) is 2.50. The highest BCUT2D eigenvalue weighted by atomic mass is 32.1. The van der Waals surface area contributed by atoms with Gasteiger partial charge >= 0.3 is 0 Å². The van der Waals surface area contributed by atoms with Gasteiger partial charge in [-0.25, -0.2) is 4.98 Å². The second-order valence-corrected chi connectivity index (χ2v) is 5.15. The van der Waals surface area contributed by atoms with Crippen LogP contribution in [0.15, 0.2) is 29.6 Å². The molecule has 8 heteroatoms. The number of ether oxygens (including phenoxy) is 1. The Balaban J connectivity index is 1.81. The van der Waals surface area contributed by atoms with Crippen LogP contribution in [0.25, 0.3) is 0 Å². The zero-order valence-corrected chi connectivity index (χ0v) is 12.1. The van der Waals surface area contributed by atoms with E-state index in [1.165, 1.54) is 29.5 Å². The summed E-state index contributed by atoms with van der Waals surface area (Å²) >= 11 is 1.47. The standard InChI is InChI=1S/C13H13N3O4S/c1-9-8-21-13(15-9)6-14-12(17)7-20-11-4-2-3-10(5-11)16(18)19/h2-5,8H,6-7H2,1H3,(H,14,17). The van der Waals surface area contributed by atoms with Crippen LogP contribution in [-0.4, -0.2) is 22.4 Å². The highest BCUT2D eigenvalue weighted by Gasteiger charge is 2.08. The van der Waals surface area contributed by atoms with Crippen molar-refractivity contribution < 1.29 is 14.5 Å². The molecule has 0 aliphatic heterocycles. The van der Waals surface area contributed by atoms with Crippen LogP contribution < -0.4 is 10.1 Å². The second-order valence-electron chi connectivity index (χ2n) is 4.20. The second kappa shape index (κ2) is 6.80. The normalized spacial score (nSPS) is 10.1. The van der Waals surface area contributed by atoms with Crippen molar-refractivity contribution in [3.63, 3.8) is 0 Å². The fraction of sp³-hybridized carbons (Fsp3) is 0.231. The molecule has 0 radical (unpaired) electrons. The van der Waals surface area contributed by atoms with Crippen LogP contribution in [0.4, 0.5) is 5.69 Å². The van der Waals surface area contributed by atoms with Crippen molar-refractivity contribution in [3.8, 4) is 5.75 Å². The van der Waals surface area contributed by atoms with Crippen molar-refractivity contribution >= 4 is 22.9 Å². The summed E-state index contributed by atoms with van der Waals surface area (Å²) in [5, 5.41) is 16.0. The van der Waals surface area contributed by atoms with E-state index in [1.807, 2.05) is 12.3 Å². The number of aryl methyl sites for hydroxylation is 1. The quantitative estimate of drug-likeness (QED) is 0.651. The number of hydrogen-bond donors (Lipinski definition) is 1. The average molecular weight is 307 g/mol. The lowest BCUT2D eigenvalue weighted by Crippen LogP contribution is -2.28. The van der Waals surface area contributed by atoms with Crippen LogP contribution in [0.2, 0.25) is 0 Å². The molecule has 0 aliphatic rings. The zero-order chi connectivity index (χ0) is 15.2. The minimum absolute atomic E-state index is 0.0776. The fourth-order valence-electron chi connectivity index (χ4n) is 1.54. The van der Waals surface area contributed by atoms with Crippen LogP contribution in [0.3, 0.4) is 0 Å². The molecule has 1 aromatic carbocycles. The van der Waals surface area contributed by atoms with Gasteiger partial charge < -0.3 is 10.1 Å². The lowest BCUT2D eigenvalue weighted by molar-refractivity contribution is -0.384. The van der Waals surface area contributed by atoms with Gasteiger partial charge in [-0.1, -0.05) is 6.07 Å². The van der Waals surface area contributed by atoms with E-state index in [0.29, 0.717) is 6.54 Å². The molecule has 2 aromatic rings. The Hall–Kier alpha value is -2.48. The first kappa shape index (κ1) is 14.9. The van der Waals surface area contributed by atoms with E-state index in [9.17, 15) is 14.9 Å². The van der Waals surface area contributed by atoms with Gasteiger partial charge in [0, 0.05) is 17.1 Å². The van der Waals surface area contributed by atoms with Gasteiger partial charge in [-0.05, 0) is 13.0 Å². The van der Waals surface area contributed by atoms with E-state index in [4.69, 9.17) is 4.74 Å². The Bertz CT molecular complexity index is 656. The predicted octanol–water partition coefficient (Wildman–Crippen LogP) is 2.05. The summed E-state index contributed by atoms with van der Waals surface area (Å²) in [6.07, 6.45) is 0. The first-order chi connectivity index (χ1) is 10.0. The summed E-state index contributed by atoms with van der Waals surface area (Å²) in [5.41, 5.74) is 0.836. The molecule has 0 fully saturated rings. The summed E-state index contributed by atoms with van der Waals surface area (Å²) < 4.78 is 5.22. The van der Waals surface area contributed by atoms with Crippen LogP contribution in [-0.2, 0) is 11.3 Å². The molecule has 0 atom stereocenters. The molecule has 2 rings (SSSR count). The monoisotopic (exact) mass is 307 g/mol. The molecule has 7 nitrogen and oxygen atoms in total. The van der Waals surface area contributed by atoms with Gasteiger partial charge in [0.05, 0.1) is 17.5 Å². The number of nitro groups is 1. The van der Waals surface area contributed by atoms with Crippen molar-refractivity contribution in [1.29, 1.82) is 0 Å². The number of thiazole rings is 1. The molecule has 0 bridgehead atoms. The Morgan fingerprint density at radius 1 is 1.52 bits per heavy atom. The molecule has 1 amide bonds. The van der Waals surface area contributed by atoms with Gasteiger partial charge in [-0.2, -0.15) is 0 Å². The molecule has 0 saturated carbocycles. The van der Waals surface area contributed by atoms with Crippen LogP contribution >= 0.6 is 11.3 Å². The molecule has 110 valence electrons. The molecule has 0 saturated heterocycles. The molecule has 1 aromatic heterocycles. The largest absolute Gasteiger partial charge is 0.484 e. The summed E-state index contributed by atoms with van der Waals surface area (Å²) in [6.45, 7) is 2.02. The number of carbonyl (C=O) groups excluding carboxylic acids is 1. The summed E-state index contributed by atoms with van der Waals surface area (Å²) in [5.74, 6) is -0.0289. The Morgan fingerprint density at radius 3 is 3.00 bits per heavy atom. The maximum atomic E-state index is 11.6. The summed E-state index contributed by atoms with van der Waals surface area (Å²) in [4.78, 5) is 25.9. The number of non-ortho nitro benzene ring substituents is 1. The van der Waals surface area contributed by atoms with Gasteiger partial charge in [0.2, 0.25) is 0 Å². The third kappa shape index (κ3) is 4.53. The van der Waals surface area contributed by atoms with Crippen LogP contribution in [0, 0.1) is 17.0 Å². The van der Waals surface area contributed by atoms with E-state index < -0.39 is 4.92 Å². The minimum Gasteiger partial charge on any atom is -0.484 e. The highest BCUT2D eigenvalue weighted by Crippen LogP contribution is 2.18. The molecule has 1 heterocycles. The average Bonchev–Trinajstić information content (AvgIpc) is 2.89. The lowest BCUT2D eigenvalue weighted by Gasteiger charge is -2.06. The number of amides is 1. The number of aromatic nitrogens is 1. The SMILES string of the molecule is Cc1csc(CNC(=O)COc2cccc([N+](=O)[O-])c2)n1. The van der Waals surface area contributed by atoms with Gasteiger partial charge in [-0.15, -0.1) is 11.3 Å². The number of nitro benzene ring substituents is 1. The number of rotatable bonds is 6. The molecule has 0 unspecified atom stereocenters. The van der Waals surface area contributed by atoms with E-state index >= 15 is 0 Å². The van der Waals surface area contributed by atoms with Crippen molar-refractivity contribution in [2.24, 2.45) is 0 Å². The van der Waals surface area contributed by atoms with Gasteiger partial charge in [0.15, 0.2) is 6.61 Å². The smallest absolute Gasteiger partial charge is 0.273 e. The van der Waals surface area contributed by atoms with Gasteiger partial charge in [-0.3, -0.25) is 14.9 Å². The zero-order valence-electron chi connectivity index (χ0n) is 11.2. The number of carbonyl (C=O) groups is 1. The number of hydrogen-bond acceptors (Lipinski definition) is 6. The molecule has 21 heavy (non-hydrogen) atoms. The first-order valence-corrected chi connectivity index (χ1v) is 6.97. The van der Waals surface area contributed by atoms with Crippen molar-refractivity contribution in [2.75, 3.05) is 6.61 Å². The third-order valence-corrected chi connectivity index (χ3v) is 3.47. The van der Waals surface area contributed by atoms with Gasteiger partial charge in [0.1, 0.15) is 10.8 Å². The molecular weight excluding hydrogens is 294 g/mol. The van der Waals surface area contributed by atoms with Crippen molar-refractivity contribution in [2.45, 2.75) is 13.5 Å². The predicted molar refractivity (Wildman–Crippen MR) is 77.3 cm³/mol. The Labute approximate surface area is 124 Å². The van der Waals surface area contributed by atoms with E-state index in [2.05, 4.69) is 10.3 Å². The molecule has 0 aliphatic carbocycles. The maximum Gasteiger partial charge on any atom is 0.273 e. The highest BCUT2D eigenvalue weighted by molar-refractivity contribution is 7.09. The lowest BCUT2D eigenvalue weighted by atomic mass is 10.3. The number of nitrogens with zero attached hydrogens (tertiary/aromatic N) is 2. The molecular formula is C13H13N3O4S. The first-order valence-electron chi connectivity index (χ1n) is 6.09. The van der Waals surface area contributed by atoms with Gasteiger partial charge in [0.25, 0.3) is 11.6 Å². The van der Waals surface area contributed by atoms with Crippen LogP contribution in [0.5, 0.6) is 5.75 Å². The Kier molecular flexibility index (Phi) is 4.83. The Morgan fingerprint density at radius 2 is 2.33 bits per heavy atom. The summed E-state index contributed by atoms with van der Waals surface area (Å²) in [7, 11) is 0. The van der Waals surface area contributed by atoms with E-state index in [1.54, 1.807) is 6.07 Å². The topological polar surface area (TPSA) is 94.4 Å². The maximum absolute atomic E-state index is 11.6. The number of nitrogens with one attached hydrogen (secondary N) is 1. The van der Waals surface area contributed by atoms with Crippen LogP contribution in [0.1, 0.15) is 10.7 Å². The van der Waals surface area contributed by atoms with Crippen molar-refractivity contribution in [3.05, 3.63) is 50.5 Å². The minimum atomic E-state index is -0.516. The number of benzene rings is 1. The molecule has 1 N–H and O–H groups in total. The van der Waals surface area contributed by atoms with Crippen molar-refractivity contribution in [1.82, 2.24) is 10.3 Å². The van der Waals surface area contributed by atoms with E-state index in [-0.39, 0.29) is 24.0 Å². The fourth-order valence-corrected chi connectivity index (χ4v) is 2.26. The molecule has 0 spiro atoms. The van der Waals surface area contributed by atoms with E-state index in [0.717, 1.165) is 10.7 Å².